The molecule has 18 heavy (non-hydrogen) atoms. The van der Waals surface area contributed by atoms with E-state index in [1.807, 2.05) is 13.8 Å². The molecule has 1 N–H and O–H groups in total. The number of rotatable bonds is 3. The van der Waals surface area contributed by atoms with Crippen LogP contribution in [0.5, 0.6) is 0 Å². The zero-order valence-electron chi connectivity index (χ0n) is 12.6. The first-order valence-corrected chi connectivity index (χ1v) is 7.67. The molecule has 1 saturated heterocycles. The van der Waals surface area contributed by atoms with Crippen LogP contribution < -0.4 is 0 Å². The van der Waals surface area contributed by atoms with Crippen molar-refractivity contribution in [1.29, 1.82) is 0 Å². The van der Waals surface area contributed by atoms with E-state index in [0.29, 0.717) is 0 Å². The second-order valence-electron chi connectivity index (χ2n) is 7.62. The normalized spacial score (nSPS) is 35.8. The predicted molar refractivity (Wildman–Crippen MR) is 74.6 cm³/mol. The van der Waals surface area contributed by atoms with Crippen LogP contribution in [-0.4, -0.2) is 21.9 Å². The van der Waals surface area contributed by atoms with Crippen LogP contribution in [0.1, 0.15) is 79.1 Å². The molecule has 0 radical (unpaired) electrons. The number of hydrogen-bond acceptors (Lipinski definition) is 2. The van der Waals surface area contributed by atoms with Gasteiger partial charge in [-0.15, -0.1) is 0 Å². The van der Waals surface area contributed by atoms with Gasteiger partial charge in [-0.05, 0) is 46.5 Å². The minimum atomic E-state index is -0.645. The lowest BCUT2D eigenvalue weighted by molar-refractivity contribution is -0.130. The van der Waals surface area contributed by atoms with Crippen molar-refractivity contribution in [3.63, 3.8) is 0 Å². The molecule has 1 heterocycles. The van der Waals surface area contributed by atoms with E-state index in [4.69, 9.17) is 4.74 Å². The van der Waals surface area contributed by atoms with E-state index in [1.54, 1.807) is 0 Å². The second kappa shape index (κ2) is 4.79. The summed E-state index contributed by atoms with van der Waals surface area (Å²) in [5, 5.41) is 11.0. The maximum atomic E-state index is 11.0. The van der Waals surface area contributed by atoms with Crippen LogP contribution in [0, 0.1) is 5.92 Å². The Bertz CT molecular complexity index is 289. The Kier molecular flexibility index (Phi) is 3.81. The number of hydrogen-bond donors (Lipinski definition) is 1. The van der Waals surface area contributed by atoms with E-state index >= 15 is 0 Å². The average Bonchev–Trinajstić information content (AvgIpc) is 2.42. The minimum absolute atomic E-state index is 0.190. The van der Waals surface area contributed by atoms with Gasteiger partial charge in [-0.1, -0.05) is 32.1 Å². The summed E-state index contributed by atoms with van der Waals surface area (Å²) >= 11 is 0. The molecule has 1 atom stereocenters. The molecule has 0 spiro atoms. The summed E-state index contributed by atoms with van der Waals surface area (Å²) in [5.74, 6) is 0.835. The lowest BCUT2D eigenvalue weighted by Crippen LogP contribution is -2.46. The van der Waals surface area contributed by atoms with Crippen LogP contribution in [0.25, 0.3) is 0 Å². The highest BCUT2D eigenvalue weighted by Gasteiger charge is 2.55. The van der Waals surface area contributed by atoms with Crippen LogP contribution >= 0.6 is 0 Å². The van der Waals surface area contributed by atoms with Crippen molar-refractivity contribution in [2.75, 3.05) is 0 Å². The molecule has 1 saturated carbocycles. The molecule has 2 nitrogen and oxygen atoms in total. The summed E-state index contributed by atoms with van der Waals surface area (Å²) in [6, 6.07) is 0. The fraction of sp³-hybridized carbons (Fsp3) is 1.00. The minimum Gasteiger partial charge on any atom is -0.387 e. The highest BCUT2D eigenvalue weighted by molar-refractivity contribution is 5.06. The maximum Gasteiger partial charge on any atom is 0.0958 e. The molecular formula is C16H30O2. The van der Waals surface area contributed by atoms with Crippen molar-refractivity contribution in [1.82, 2.24) is 0 Å². The fourth-order valence-electron chi connectivity index (χ4n) is 4.05. The molecule has 1 unspecified atom stereocenters. The summed E-state index contributed by atoms with van der Waals surface area (Å²) < 4.78 is 6.04. The third-order valence-electron chi connectivity index (χ3n) is 5.06. The van der Waals surface area contributed by atoms with E-state index in [1.165, 1.54) is 38.5 Å². The van der Waals surface area contributed by atoms with Gasteiger partial charge in [0.15, 0.2) is 0 Å². The van der Waals surface area contributed by atoms with Gasteiger partial charge in [-0.25, -0.2) is 0 Å². The van der Waals surface area contributed by atoms with Crippen molar-refractivity contribution >= 4 is 0 Å². The molecule has 106 valence electrons. The zero-order valence-corrected chi connectivity index (χ0v) is 12.6. The molecule has 2 rings (SSSR count). The molecular weight excluding hydrogens is 224 g/mol. The summed E-state index contributed by atoms with van der Waals surface area (Å²) in [5.41, 5.74) is -1.25. The van der Waals surface area contributed by atoms with Crippen LogP contribution in [0.4, 0.5) is 0 Å². The molecule has 2 fully saturated rings. The predicted octanol–water partition coefficient (Wildman–Crippen LogP) is 4.06. The van der Waals surface area contributed by atoms with Crippen molar-refractivity contribution < 1.29 is 9.84 Å². The summed E-state index contributed by atoms with van der Waals surface area (Å²) in [4.78, 5) is 0. The lowest BCUT2D eigenvalue weighted by Gasteiger charge is -2.36. The Morgan fingerprint density at radius 2 is 1.67 bits per heavy atom. The van der Waals surface area contributed by atoms with Gasteiger partial charge in [0.25, 0.3) is 0 Å². The zero-order chi connectivity index (χ0) is 13.4. The van der Waals surface area contributed by atoms with Gasteiger partial charge in [0.2, 0.25) is 0 Å². The topological polar surface area (TPSA) is 29.5 Å². The van der Waals surface area contributed by atoms with Gasteiger partial charge in [-0.2, -0.15) is 0 Å². The van der Waals surface area contributed by atoms with Gasteiger partial charge >= 0.3 is 0 Å². The highest BCUT2D eigenvalue weighted by Crippen LogP contribution is 2.48. The molecule has 1 aliphatic heterocycles. The lowest BCUT2D eigenvalue weighted by atomic mass is 9.75. The van der Waals surface area contributed by atoms with Crippen LogP contribution in [0.2, 0.25) is 0 Å². The number of ether oxygens (including phenoxy) is 1. The Morgan fingerprint density at radius 1 is 1.06 bits per heavy atom. The van der Waals surface area contributed by atoms with Crippen molar-refractivity contribution in [2.24, 2.45) is 5.92 Å². The van der Waals surface area contributed by atoms with E-state index in [2.05, 4.69) is 13.8 Å². The van der Waals surface area contributed by atoms with Gasteiger partial charge in [0, 0.05) is 6.42 Å². The standard InChI is InChI=1S/C16H30O2/c1-14(2)12-16(17,15(3,4)18-14)11-10-13-8-6-5-7-9-13/h13,17H,5-12H2,1-4H3. The van der Waals surface area contributed by atoms with Crippen LogP contribution in [-0.2, 0) is 4.74 Å². The molecule has 2 aliphatic rings. The van der Waals surface area contributed by atoms with Gasteiger partial charge in [-0.3, -0.25) is 0 Å². The molecule has 0 amide bonds. The highest BCUT2D eigenvalue weighted by atomic mass is 16.5. The molecule has 0 aromatic rings. The van der Waals surface area contributed by atoms with Crippen molar-refractivity contribution in [3.8, 4) is 0 Å². The van der Waals surface area contributed by atoms with Crippen molar-refractivity contribution in [3.05, 3.63) is 0 Å². The molecule has 1 aliphatic carbocycles. The van der Waals surface area contributed by atoms with Crippen LogP contribution in [0.15, 0.2) is 0 Å². The van der Waals surface area contributed by atoms with E-state index in [-0.39, 0.29) is 5.60 Å². The quantitative estimate of drug-likeness (QED) is 0.823. The first-order chi connectivity index (χ1) is 8.24. The van der Waals surface area contributed by atoms with E-state index in [0.717, 1.165) is 18.8 Å². The van der Waals surface area contributed by atoms with Crippen LogP contribution in [0.3, 0.4) is 0 Å². The summed E-state index contributed by atoms with van der Waals surface area (Å²) in [7, 11) is 0. The largest absolute Gasteiger partial charge is 0.387 e. The molecule has 0 aromatic heterocycles. The Morgan fingerprint density at radius 3 is 2.17 bits per heavy atom. The van der Waals surface area contributed by atoms with Gasteiger partial charge in [0.1, 0.15) is 0 Å². The summed E-state index contributed by atoms with van der Waals surface area (Å²) in [6.07, 6.45) is 9.72. The van der Waals surface area contributed by atoms with E-state index in [9.17, 15) is 5.11 Å². The van der Waals surface area contributed by atoms with Crippen molar-refractivity contribution in [2.45, 2.75) is 95.9 Å². The monoisotopic (exact) mass is 254 g/mol. The summed E-state index contributed by atoms with van der Waals surface area (Å²) in [6.45, 7) is 8.27. The third kappa shape index (κ3) is 2.91. The second-order valence-corrected chi connectivity index (χ2v) is 7.62. The van der Waals surface area contributed by atoms with Gasteiger partial charge < -0.3 is 9.84 Å². The fourth-order valence-corrected chi connectivity index (χ4v) is 4.05. The number of aliphatic hydroxyl groups is 1. The first-order valence-electron chi connectivity index (χ1n) is 7.67. The third-order valence-corrected chi connectivity index (χ3v) is 5.06. The van der Waals surface area contributed by atoms with Gasteiger partial charge in [0.05, 0.1) is 16.8 Å². The SMILES string of the molecule is CC1(C)CC(O)(CCC2CCCCC2)C(C)(C)O1. The molecule has 0 aromatic carbocycles. The Balaban J connectivity index is 1.94. The smallest absolute Gasteiger partial charge is 0.0958 e. The Labute approximate surface area is 112 Å². The van der Waals surface area contributed by atoms with E-state index < -0.39 is 11.2 Å². The molecule has 0 bridgehead atoms. The maximum absolute atomic E-state index is 11.0. The average molecular weight is 254 g/mol. The Hall–Kier alpha value is -0.0800. The first kappa shape index (κ1) is 14.3. The molecule has 2 heteroatoms.